The highest BCUT2D eigenvalue weighted by Crippen LogP contribution is 2.49. The van der Waals surface area contributed by atoms with Crippen LogP contribution in [0.15, 0.2) is 0 Å². The van der Waals surface area contributed by atoms with Crippen molar-refractivity contribution in [1.29, 1.82) is 0 Å². The standard InChI is InChI=1S/C6H10N4O/c1-4-3-6(4,11)5-7-9-10(2)8-5/h4,11H,3H2,1-2H3. The molecule has 0 bridgehead atoms. The Labute approximate surface area is 64.0 Å². The zero-order chi connectivity index (χ0) is 8.06. The summed E-state index contributed by atoms with van der Waals surface area (Å²) in [7, 11) is 1.69. The zero-order valence-electron chi connectivity index (χ0n) is 6.52. The van der Waals surface area contributed by atoms with Gasteiger partial charge in [0.05, 0.1) is 7.05 Å². The fraction of sp³-hybridized carbons (Fsp3) is 0.833. The lowest BCUT2D eigenvalue weighted by Gasteiger charge is -1.99. The number of aryl methyl sites for hydroxylation is 1. The second kappa shape index (κ2) is 1.79. The average Bonchev–Trinajstić information content (AvgIpc) is 2.44. The first-order valence-electron chi connectivity index (χ1n) is 3.60. The number of aromatic nitrogens is 4. The third-order valence-corrected chi connectivity index (χ3v) is 2.17. The fourth-order valence-electron chi connectivity index (χ4n) is 1.18. The van der Waals surface area contributed by atoms with Gasteiger partial charge in [0.2, 0.25) is 5.82 Å². The van der Waals surface area contributed by atoms with Crippen molar-refractivity contribution in [1.82, 2.24) is 20.2 Å². The average molecular weight is 154 g/mol. The molecule has 0 amide bonds. The first-order chi connectivity index (χ1) is 5.13. The molecule has 2 unspecified atom stereocenters. The molecule has 0 aromatic carbocycles. The van der Waals surface area contributed by atoms with Crippen LogP contribution in [0.2, 0.25) is 0 Å². The third kappa shape index (κ3) is 0.841. The molecule has 0 saturated heterocycles. The molecule has 60 valence electrons. The minimum Gasteiger partial charge on any atom is -0.381 e. The number of tetrazole rings is 1. The highest BCUT2D eigenvalue weighted by atomic mass is 16.3. The molecule has 1 fully saturated rings. The summed E-state index contributed by atoms with van der Waals surface area (Å²) in [5.41, 5.74) is -0.783. The molecule has 1 saturated carbocycles. The number of hydrogen-bond acceptors (Lipinski definition) is 4. The Balaban J connectivity index is 2.31. The number of nitrogens with zero attached hydrogens (tertiary/aromatic N) is 4. The summed E-state index contributed by atoms with van der Waals surface area (Å²) in [4.78, 5) is 1.36. The van der Waals surface area contributed by atoms with Gasteiger partial charge >= 0.3 is 0 Å². The van der Waals surface area contributed by atoms with Gasteiger partial charge in [0, 0.05) is 0 Å². The van der Waals surface area contributed by atoms with E-state index in [1.807, 2.05) is 6.92 Å². The second-order valence-electron chi connectivity index (χ2n) is 3.13. The smallest absolute Gasteiger partial charge is 0.206 e. The van der Waals surface area contributed by atoms with Gasteiger partial charge in [-0.3, -0.25) is 0 Å². The molecule has 1 aromatic rings. The van der Waals surface area contributed by atoms with Crippen LogP contribution < -0.4 is 0 Å². The molecule has 1 aromatic heterocycles. The maximum absolute atomic E-state index is 9.70. The number of rotatable bonds is 1. The van der Waals surface area contributed by atoms with Crippen LogP contribution in [-0.4, -0.2) is 25.3 Å². The molecular formula is C6H10N4O. The van der Waals surface area contributed by atoms with E-state index in [1.165, 1.54) is 4.80 Å². The van der Waals surface area contributed by atoms with Crippen molar-refractivity contribution in [3.8, 4) is 0 Å². The normalized spacial score (nSPS) is 35.7. The van der Waals surface area contributed by atoms with Gasteiger partial charge in [-0.1, -0.05) is 6.92 Å². The number of aliphatic hydroxyl groups is 1. The van der Waals surface area contributed by atoms with Crippen LogP contribution in [0, 0.1) is 5.92 Å². The molecule has 1 N–H and O–H groups in total. The van der Waals surface area contributed by atoms with E-state index in [-0.39, 0.29) is 5.92 Å². The van der Waals surface area contributed by atoms with Crippen molar-refractivity contribution < 1.29 is 5.11 Å². The van der Waals surface area contributed by atoms with Crippen molar-refractivity contribution in [2.45, 2.75) is 18.9 Å². The molecule has 5 nitrogen and oxygen atoms in total. The largest absolute Gasteiger partial charge is 0.381 e. The van der Waals surface area contributed by atoms with Crippen molar-refractivity contribution in [3.63, 3.8) is 0 Å². The Morgan fingerprint density at radius 3 is 2.73 bits per heavy atom. The molecule has 1 heterocycles. The van der Waals surface area contributed by atoms with E-state index in [0.717, 1.165) is 6.42 Å². The second-order valence-corrected chi connectivity index (χ2v) is 3.13. The lowest BCUT2D eigenvalue weighted by Crippen LogP contribution is -2.10. The Kier molecular flexibility index (Phi) is 1.09. The summed E-state index contributed by atoms with van der Waals surface area (Å²) in [5, 5.41) is 21.0. The van der Waals surface area contributed by atoms with Crippen molar-refractivity contribution >= 4 is 0 Å². The Bertz CT molecular complexity index is 284. The van der Waals surface area contributed by atoms with Crippen LogP contribution in [0.25, 0.3) is 0 Å². The SMILES string of the molecule is CC1CC1(O)c1nnn(C)n1. The highest BCUT2D eigenvalue weighted by Gasteiger charge is 2.54. The van der Waals surface area contributed by atoms with Crippen LogP contribution >= 0.6 is 0 Å². The molecule has 0 radical (unpaired) electrons. The Morgan fingerprint density at radius 1 is 1.73 bits per heavy atom. The molecule has 11 heavy (non-hydrogen) atoms. The zero-order valence-corrected chi connectivity index (χ0v) is 6.52. The van der Waals surface area contributed by atoms with Crippen molar-refractivity contribution in [3.05, 3.63) is 5.82 Å². The highest BCUT2D eigenvalue weighted by molar-refractivity contribution is 5.12. The summed E-state index contributed by atoms with van der Waals surface area (Å²) < 4.78 is 0. The van der Waals surface area contributed by atoms with Gasteiger partial charge in [-0.15, -0.1) is 10.2 Å². The van der Waals surface area contributed by atoms with E-state index >= 15 is 0 Å². The molecule has 1 aliphatic carbocycles. The minimum atomic E-state index is -0.783. The van der Waals surface area contributed by atoms with Gasteiger partial charge in [0.25, 0.3) is 0 Å². The summed E-state index contributed by atoms with van der Waals surface area (Å²) in [5.74, 6) is 0.721. The molecule has 2 atom stereocenters. The maximum atomic E-state index is 9.70. The Morgan fingerprint density at radius 2 is 2.36 bits per heavy atom. The van der Waals surface area contributed by atoms with E-state index in [2.05, 4.69) is 15.4 Å². The van der Waals surface area contributed by atoms with Crippen LogP contribution in [-0.2, 0) is 12.6 Å². The molecule has 1 aliphatic rings. The van der Waals surface area contributed by atoms with Gasteiger partial charge < -0.3 is 5.11 Å². The Hall–Kier alpha value is -0.970. The molecular weight excluding hydrogens is 144 g/mol. The minimum absolute atomic E-state index is 0.270. The van der Waals surface area contributed by atoms with E-state index in [4.69, 9.17) is 0 Å². The van der Waals surface area contributed by atoms with Gasteiger partial charge in [-0.05, 0) is 17.6 Å². The van der Waals surface area contributed by atoms with Gasteiger partial charge in [-0.2, -0.15) is 4.80 Å². The van der Waals surface area contributed by atoms with Gasteiger partial charge in [-0.25, -0.2) is 0 Å². The van der Waals surface area contributed by atoms with E-state index in [1.54, 1.807) is 7.05 Å². The van der Waals surface area contributed by atoms with Gasteiger partial charge in [0.15, 0.2) is 0 Å². The van der Waals surface area contributed by atoms with E-state index < -0.39 is 5.60 Å². The third-order valence-electron chi connectivity index (χ3n) is 2.17. The quantitative estimate of drug-likeness (QED) is 0.588. The summed E-state index contributed by atoms with van der Waals surface area (Å²) >= 11 is 0. The fourth-order valence-corrected chi connectivity index (χ4v) is 1.18. The lowest BCUT2D eigenvalue weighted by atomic mass is 10.3. The molecule has 0 spiro atoms. The molecule has 5 heteroatoms. The predicted molar refractivity (Wildman–Crippen MR) is 36.5 cm³/mol. The van der Waals surface area contributed by atoms with E-state index in [9.17, 15) is 5.11 Å². The van der Waals surface area contributed by atoms with Crippen molar-refractivity contribution in [2.75, 3.05) is 0 Å². The van der Waals surface area contributed by atoms with Crippen LogP contribution in [0.4, 0.5) is 0 Å². The topological polar surface area (TPSA) is 63.8 Å². The van der Waals surface area contributed by atoms with Crippen LogP contribution in [0.3, 0.4) is 0 Å². The van der Waals surface area contributed by atoms with Crippen molar-refractivity contribution in [2.24, 2.45) is 13.0 Å². The summed E-state index contributed by atoms with van der Waals surface area (Å²) in [6.45, 7) is 1.97. The monoisotopic (exact) mass is 154 g/mol. The molecule has 2 rings (SSSR count). The first-order valence-corrected chi connectivity index (χ1v) is 3.60. The van der Waals surface area contributed by atoms with Gasteiger partial charge in [0.1, 0.15) is 5.60 Å². The maximum Gasteiger partial charge on any atom is 0.206 e. The van der Waals surface area contributed by atoms with E-state index in [0.29, 0.717) is 5.82 Å². The van der Waals surface area contributed by atoms with Crippen LogP contribution in [0.5, 0.6) is 0 Å². The predicted octanol–water partition coefficient (Wildman–Crippen LogP) is -0.563. The van der Waals surface area contributed by atoms with Crippen LogP contribution in [0.1, 0.15) is 19.2 Å². The molecule has 0 aliphatic heterocycles. The lowest BCUT2D eigenvalue weighted by molar-refractivity contribution is 0.124. The summed E-state index contributed by atoms with van der Waals surface area (Å²) in [6.07, 6.45) is 0.749. The first kappa shape index (κ1) is 6.72. The number of hydrogen-bond donors (Lipinski definition) is 1. The summed E-state index contributed by atoms with van der Waals surface area (Å²) in [6, 6.07) is 0.